The molecule has 0 spiro atoms. The molecule has 6 nitrogen and oxygen atoms in total. The van der Waals surface area contributed by atoms with Crippen molar-refractivity contribution < 1.29 is 8.42 Å². The maximum atomic E-state index is 11.8. The SMILES string of the molecule is CCCNS(=O)(=O)c1ccccc1N=[N+]=[N-]. The summed E-state index contributed by atoms with van der Waals surface area (Å²) in [5.74, 6) is 0. The molecule has 1 aromatic rings. The lowest BCUT2D eigenvalue weighted by molar-refractivity contribution is 0.581. The lowest BCUT2D eigenvalue weighted by Gasteiger charge is -2.07. The van der Waals surface area contributed by atoms with Gasteiger partial charge >= 0.3 is 0 Å². The van der Waals surface area contributed by atoms with Crippen LogP contribution in [0, 0.1) is 0 Å². The first-order valence-electron chi connectivity index (χ1n) is 4.75. The molecule has 0 bridgehead atoms. The van der Waals surface area contributed by atoms with E-state index in [4.69, 9.17) is 5.53 Å². The lowest BCUT2D eigenvalue weighted by atomic mass is 10.3. The van der Waals surface area contributed by atoms with Gasteiger partial charge in [-0.3, -0.25) is 0 Å². The fourth-order valence-corrected chi connectivity index (χ4v) is 2.40. The molecular weight excluding hydrogens is 228 g/mol. The molecule has 0 atom stereocenters. The van der Waals surface area contributed by atoms with Crippen molar-refractivity contribution in [2.24, 2.45) is 5.11 Å². The average molecular weight is 240 g/mol. The third-order valence-corrected chi connectivity index (χ3v) is 3.36. The summed E-state index contributed by atoms with van der Waals surface area (Å²) in [5.41, 5.74) is 8.43. The van der Waals surface area contributed by atoms with E-state index in [0.717, 1.165) is 0 Å². The minimum atomic E-state index is -3.59. The Kier molecular flexibility index (Phi) is 4.30. The maximum absolute atomic E-state index is 11.8. The summed E-state index contributed by atoms with van der Waals surface area (Å²) in [4.78, 5) is 2.59. The first kappa shape index (κ1) is 12.5. The summed E-state index contributed by atoms with van der Waals surface area (Å²) in [6, 6.07) is 6.06. The maximum Gasteiger partial charge on any atom is 0.241 e. The predicted molar refractivity (Wildman–Crippen MR) is 60.7 cm³/mol. The second-order valence-corrected chi connectivity index (χ2v) is 4.79. The van der Waals surface area contributed by atoms with Gasteiger partial charge in [-0.25, -0.2) is 13.1 Å². The first-order valence-corrected chi connectivity index (χ1v) is 6.24. The summed E-state index contributed by atoms with van der Waals surface area (Å²) in [6.07, 6.45) is 0.697. The standard InChI is InChI=1S/C9H12N4O2S/c1-2-7-11-16(14,15)9-6-4-3-5-8(9)12-13-10/h3-6,11H,2,7H2,1H3. The van der Waals surface area contributed by atoms with Crippen molar-refractivity contribution in [3.63, 3.8) is 0 Å². The summed E-state index contributed by atoms with van der Waals surface area (Å²) >= 11 is 0. The highest BCUT2D eigenvalue weighted by Gasteiger charge is 2.16. The molecule has 0 aliphatic carbocycles. The van der Waals surface area contributed by atoms with E-state index in [1.54, 1.807) is 12.1 Å². The molecule has 0 fully saturated rings. The molecule has 7 heteroatoms. The van der Waals surface area contributed by atoms with E-state index >= 15 is 0 Å². The molecular formula is C9H12N4O2S. The number of benzene rings is 1. The van der Waals surface area contributed by atoms with Crippen LogP contribution >= 0.6 is 0 Å². The van der Waals surface area contributed by atoms with Gasteiger partial charge < -0.3 is 0 Å². The van der Waals surface area contributed by atoms with E-state index in [-0.39, 0.29) is 10.6 Å². The van der Waals surface area contributed by atoms with Gasteiger partial charge in [-0.1, -0.05) is 30.2 Å². The second-order valence-electron chi connectivity index (χ2n) is 3.05. The van der Waals surface area contributed by atoms with Crippen LogP contribution in [0.5, 0.6) is 0 Å². The third-order valence-electron chi connectivity index (χ3n) is 1.85. The number of rotatable bonds is 5. The van der Waals surface area contributed by atoms with E-state index in [9.17, 15) is 8.42 Å². The summed E-state index contributed by atoms with van der Waals surface area (Å²) < 4.78 is 26.0. The Labute approximate surface area is 94.0 Å². The van der Waals surface area contributed by atoms with Gasteiger partial charge in [-0.15, -0.1) is 0 Å². The zero-order valence-electron chi connectivity index (χ0n) is 8.79. The number of sulfonamides is 1. The quantitative estimate of drug-likeness (QED) is 0.485. The minimum Gasteiger partial charge on any atom is -0.211 e. The lowest BCUT2D eigenvalue weighted by Crippen LogP contribution is -2.24. The highest BCUT2D eigenvalue weighted by Crippen LogP contribution is 2.23. The van der Waals surface area contributed by atoms with Gasteiger partial charge in [0.05, 0.1) is 10.6 Å². The van der Waals surface area contributed by atoms with E-state index in [0.29, 0.717) is 13.0 Å². The molecule has 0 aliphatic rings. The molecule has 0 heterocycles. The normalized spacial score (nSPS) is 10.8. The van der Waals surface area contributed by atoms with Gasteiger partial charge in [0, 0.05) is 11.5 Å². The van der Waals surface area contributed by atoms with Crippen LogP contribution in [0.3, 0.4) is 0 Å². The zero-order chi connectivity index (χ0) is 12.0. The smallest absolute Gasteiger partial charge is 0.211 e. The molecule has 1 aromatic carbocycles. The van der Waals surface area contributed by atoms with Gasteiger partial charge in [-0.2, -0.15) is 0 Å². The van der Waals surface area contributed by atoms with Crippen LogP contribution in [0.4, 0.5) is 5.69 Å². The average Bonchev–Trinajstić information content (AvgIpc) is 2.27. The monoisotopic (exact) mass is 240 g/mol. The molecule has 0 aromatic heterocycles. The van der Waals surface area contributed by atoms with E-state index in [1.807, 2.05) is 6.92 Å². The highest BCUT2D eigenvalue weighted by atomic mass is 32.2. The van der Waals surface area contributed by atoms with Crippen LogP contribution < -0.4 is 4.72 Å². The van der Waals surface area contributed by atoms with Crippen molar-refractivity contribution in [2.45, 2.75) is 18.2 Å². The van der Waals surface area contributed by atoms with Crippen molar-refractivity contribution in [3.8, 4) is 0 Å². The Morgan fingerprint density at radius 2 is 2.12 bits per heavy atom. The molecule has 0 saturated heterocycles. The zero-order valence-corrected chi connectivity index (χ0v) is 9.61. The minimum absolute atomic E-state index is 0.00116. The van der Waals surface area contributed by atoms with Crippen LogP contribution in [0.15, 0.2) is 34.3 Å². The number of nitrogens with one attached hydrogen (secondary N) is 1. The van der Waals surface area contributed by atoms with Gasteiger partial charge in [0.25, 0.3) is 0 Å². The van der Waals surface area contributed by atoms with Gasteiger partial charge in [-0.05, 0) is 18.0 Å². The number of hydrogen-bond donors (Lipinski definition) is 1. The summed E-state index contributed by atoms with van der Waals surface area (Å²) in [5, 5.41) is 3.34. The van der Waals surface area contributed by atoms with Crippen LogP contribution in [0.1, 0.15) is 13.3 Å². The molecule has 0 unspecified atom stereocenters. The largest absolute Gasteiger partial charge is 0.241 e. The van der Waals surface area contributed by atoms with Crippen LogP contribution in [-0.4, -0.2) is 15.0 Å². The number of hydrogen-bond acceptors (Lipinski definition) is 3. The van der Waals surface area contributed by atoms with Gasteiger partial charge in [0.15, 0.2) is 0 Å². The molecule has 1 rings (SSSR count). The first-order chi connectivity index (χ1) is 7.61. The topological polar surface area (TPSA) is 94.9 Å². The highest BCUT2D eigenvalue weighted by molar-refractivity contribution is 7.89. The number of nitrogens with zero attached hydrogens (tertiary/aromatic N) is 3. The Morgan fingerprint density at radius 1 is 1.44 bits per heavy atom. The Morgan fingerprint density at radius 3 is 2.75 bits per heavy atom. The molecule has 0 saturated carbocycles. The molecule has 0 aliphatic heterocycles. The van der Waals surface area contributed by atoms with Crippen molar-refractivity contribution in [3.05, 3.63) is 34.7 Å². The number of azide groups is 1. The molecule has 0 amide bonds. The summed E-state index contributed by atoms with van der Waals surface area (Å²) in [7, 11) is -3.59. The fraction of sp³-hybridized carbons (Fsp3) is 0.333. The van der Waals surface area contributed by atoms with Gasteiger partial charge in [0.1, 0.15) is 0 Å². The predicted octanol–water partition coefficient (Wildman–Crippen LogP) is 2.32. The van der Waals surface area contributed by atoms with E-state index in [2.05, 4.69) is 14.7 Å². The van der Waals surface area contributed by atoms with Crippen LogP contribution in [-0.2, 0) is 10.0 Å². The summed E-state index contributed by atoms with van der Waals surface area (Å²) in [6.45, 7) is 2.22. The molecule has 16 heavy (non-hydrogen) atoms. The Balaban J connectivity index is 3.16. The fourth-order valence-electron chi connectivity index (χ4n) is 1.13. The second kappa shape index (κ2) is 5.50. The van der Waals surface area contributed by atoms with Crippen molar-refractivity contribution in [2.75, 3.05) is 6.54 Å². The van der Waals surface area contributed by atoms with Crippen LogP contribution in [0.2, 0.25) is 0 Å². The van der Waals surface area contributed by atoms with Crippen LogP contribution in [0.25, 0.3) is 10.4 Å². The van der Waals surface area contributed by atoms with E-state index < -0.39 is 10.0 Å². The van der Waals surface area contributed by atoms with E-state index in [1.165, 1.54) is 12.1 Å². The Bertz CT molecular complexity index is 506. The molecule has 86 valence electrons. The van der Waals surface area contributed by atoms with Crippen molar-refractivity contribution in [1.82, 2.24) is 4.72 Å². The Hall–Kier alpha value is -1.56. The van der Waals surface area contributed by atoms with Crippen molar-refractivity contribution in [1.29, 1.82) is 0 Å². The molecule has 1 N–H and O–H groups in total. The molecule has 0 radical (unpaired) electrons. The van der Waals surface area contributed by atoms with Gasteiger partial charge in [0.2, 0.25) is 10.0 Å². The van der Waals surface area contributed by atoms with Crippen molar-refractivity contribution >= 4 is 15.7 Å². The third kappa shape index (κ3) is 2.96.